The number of carboxylic acid groups (broad SMARTS) is 1. The number of ether oxygens (including phenoxy) is 2. The van der Waals surface area contributed by atoms with E-state index in [9.17, 15) is 30.3 Å². The van der Waals surface area contributed by atoms with Gasteiger partial charge in [-0.25, -0.2) is 4.79 Å². The molecular weight excluding hydrogens is 452 g/mol. The summed E-state index contributed by atoms with van der Waals surface area (Å²) in [5, 5.41) is 50.2. The molecular formula is C27H44O8. The molecule has 4 saturated carbocycles. The molecule has 0 aromatic carbocycles. The molecule has 1 unspecified atom stereocenters. The summed E-state index contributed by atoms with van der Waals surface area (Å²) in [4.78, 5) is 11.4. The molecule has 0 aromatic heterocycles. The van der Waals surface area contributed by atoms with E-state index in [0.717, 1.165) is 32.1 Å². The molecule has 0 amide bonds. The summed E-state index contributed by atoms with van der Waals surface area (Å²) in [5.74, 6) is 1.60. The van der Waals surface area contributed by atoms with Gasteiger partial charge in [-0.15, -0.1) is 0 Å². The number of fused-ring (bicyclic) bond motifs is 5. The summed E-state index contributed by atoms with van der Waals surface area (Å²) in [6.45, 7) is 6.86. The lowest BCUT2D eigenvalue weighted by Gasteiger charge is -2.61. The van der Waals surface area contributed by atoms with Gasteiger partial charge < -0.3 is 35.0 Å². The van der Waals surface area contributed by atoms with Crippen LogP contribution in [0.3, 0.4) is 0 Å². The molecule has 200 valence electrons. The van der Waals surface area contributed by atoms with Crippen molar-refractivity contribution in [1.82, 2.24) is 0 Å². The Balaban J connectivity index is 1.26. The lowest BCUT2D eigenvalue weighted by Crippen LogP contribution is -2.61. The quantitative estimate of drug-likeness (QED) is 0.374. The van der Waals surface area contributed by atoms with Crippen molar-refractivity contribution in [2.24, 2.45) is 40.4 Å². The summed E-state index contributed by atoms with van der Waals surface area (Å²) < 4.78 is 11.4. The minimum atomic E-state index is -1.70. The fraction of sp³-hybridized carbons (Fsp3) is 0.963. The molecule has 5 fully saturated rings. The highest BCUT2D eigenvalue weighted by Gasteiger charge is 2.61. The summed E-state index contributed by atoms with van der Waals surface area (Å²) in [6.07, 6.45) is 1.63. The predicted octanol–water partition coefficient (Wildman–Crippen LogP) is 2.30. The van der Waals surface area contributed by atoms with Crippen LogP contribution in [0.1, 0.15) is 78.6 Å². The second-order valence-electron chi connectivity index (χ2n) is 12.9. The number of rotatable bonds is 4. The van der Waals surface area contributed by atoms with Crippen molar-refractivity contribution in [3.05, 3.63) is 0 Å². The van der Waals surface area contributed by atoms with Gasteiger partial charge in [0.15, 0.2) is 12.4 Å². The van der Waals surface area contributed by atoms with E-state index in [0.29, 0.717) is 29.6 Å². The molecule has 14 atom stereocenters. The maximum atomic E-state index is 11.4. The van der Waals surface area contributed by atoms with Gasteiger partial charge in [-0.3, -0.25) is 0 Å². The normalized spacial score (nSPS) is 54.9. The van der Waals surface area contributed by atoms with Crippen LogP contribution >= 0.6 is 0 Å². The number of aliphatic hydroxyl groups excluding tert-OH is 4. The Bertz CT molecular complexity index is 804. The first-order chi connectivity index (χ1) is 16.5. The molecule has 1 heterocycles. The molecule has 0 spiro atoms. The SMILES string of the molecule is C[C@@H](O)C1CC[C@H]2[C@@H]3CC[C@@H]4C[C@H](O[C@@H]5O[C@H](C(=O)O)[C@@H](O)[C@H](O)[C@H]5O)CC[C@]4(C)[C@H]3CC[C@]12C. The van der Waals surface area contributed by atoms with Gasteiger partial charge in [0.25, 0.3) is 0 Å². The Hall–Kier alpha value is -0.770. The van der Waals surface area contributed by atoms with E-state index in [1.54, 1.807) is 0 Å². The minimum Gasteiger partial charge on any atom is -0.479 e. The number of carboxylic acids is 1. The van der Waals surface area contributed by atoms with Crippen LogP contribution < -0.4 is 0 Å². The molecule has 1 saturated heterocycles. The Morgan fingerprint density at radius 2 is 1.60 bits per heavy atom. The van der Waals surface area contributed by atoms with Crippen molar-refractivity contribution in [2.75, 3.05) is 0 Å². The Morgan fingerprint density at radius 3 is 2.29 bits per heavy atom. The second kappa shape index (κ2) is 9.21. The third-order valence-corrected chi connectivity index (χ3v) is 11.4. The number of hydrogen-bond acceptors (Lipinski definition) is 7. The second-order valence-corrected chi connectivity index (χ2v) is 12.9. The molecule has 0 radical (unpaired) electrons. The van der Waals surface area contributed by atoms with Crippen molar-refractivity contribution in [3.63, 3.8) is 0 Å². The van der Waals surface area contributed by atoms with Crippen molar-refractivity contribution in [1.29, 1.82) is 0 Å². The number of carbonyl (C=O) groups is 1. The average Bonchev–Trinajstić information content (AvgIpc) is 3.17. The van der Waals surface area contributed by atoms with E-state index in [1.165, 1.54) is 25.7 Å². The van der Waals surface area contributed by atoms with Gasteiger partial charge in [0.2, 0.25) is 0 Å². The third kappa shape index (κ3) is 4.07. The summed E-state index contributed by atoms with van der Waals surface area (Å²) in [7, 11) is 0. The molecule has 5 aliphatic rings. The van der Waals surface area contributed by atoms with Gasteiger partial charge in [-0.2, -0.15) is 0 Å². The van der Waals surface area contributed by atoms with Crippen molar-refractivity contribution < 1.29 is 39.8 Å². The van der Waals surface area contributed by atoms with Crippen molar-refractivity contribution in [2.45, 2.75) is 121 Å². The van der Waals surface area contributed by atoms with Crippen LogP contribution in [0, 0.1) is 40.4 Å². The zero-order valence-electron chi connectivity index (χ0n) is 21.3. The number of hydrogen-bond donors (Lipinski definition) is 5. The van der Waals surface area contributed by atoms with E-state index in [4.69, 9.17) is 9.47 Å². The van der Waals surface area contributed by atoms with Crippen LogP contribution in [0.4, 0.5) is 0 Å². The van der Waals surface area contributed by atoms with E-state index in [1.807, 2.05) is 6.92 Å². The molecule has 8 heteroatoms. The third-order valence-electron chi connectivity index (χ3n) is 11.4. The van der Waals surface area contributed by atoms with Gasteiger partial charge in [0.05, 0.1) is 12.2 Å². The molecule has 5 N–H and O–H groups in total. The lowest BCUT2D eigenvalue weighted by atomic mass is 9.44. The first-order valence-electron chi connectivity index (χ1n) is 13.7. The summed E-state index contributed by atoms with van der Waals surface area (Å²) >= 11 is 0. The first kappa shape index (κ1) is 25.9. The maximum Gasteiger partial charge on any atom is 0.335 e. The van der Waals surface area contributed by atoms with Crippen LogP contribution in [-0.2, 0) is 14.3 Å². The minimum absolute atomic E-state index is 0.180. The molecule has 0 aromatic rings. The van der Waals surface area contributed by atoms with E-state index < -0.39 is 36.7 Å². The van der Waals surface area contributed by atoms with Crippen LogP contribution in [0.25, 0.3) is 0 Å². The maximum absolute atomic E-state index is 11.4. The summed E-state index contributed by atoms with van der Waals surface area (Å²) in [6, 6.07) is 0. The van der Waals surface area contributed by atoms with Crippen LogP contribution in [-0.4, -0.2) is 74.4 Å². The zero-order chi connectivity index (χ0) is 25.3. The topological polar surface area (TPSA) is 137 Å². The Kier molecular flexibility index (Phi) is 6.80. The molecule has 8 nitrogen and oxygen atoms in total. The fourth-order valence-corrected chi connectivity index (χ4v) is 9.53. The van der Waals surface area contributed by atoms with Gasteiger partial charge in [0.1, 0.15) is 18.3 Å². The molecule has 1 aliphatic heterocycles. The van der Waals surface area contributed by atoms with Gasteiger partial charge in [-0.1, -0.05) is 13.8 Å². The zero-order valence-corrected chi connectivity index (χ0v) is 21.3. The van der Waals surface area contributed by atoms with E-state index in [2.05, 4.69) is 13.8 Å². The molecule has 35 heavy (non-hydrogen) atoms. The highest BCUT2D eigenvalue weighted by atomic mass is 16.7. The van der Waals surface area contributed by atoms with Crippen LogP contribution in [0.15, 0.2) is 0 Å². The fourth-order valence-electron chi connectivity index (χ4n) is 9.53. The molecule has 5 rings (SSSR count). The predicted molar refractivity (Wildman–Crippen MR) is 126 cm³/mol. The van der Waals surface area contributed by atoms with Gasteiger partial charge in [-0.05, 0) is 105 Å². The van der Waals surface area contributed by atoms with Gasteiger partial charge in [0, 0.05) is 0 Å². The van der Waals surface area contributed by atoms with Crippen molar-refractivity contribution in [3.8, 4) is 0 Å². The largest absolute Gasteiger partial charge is 0.479 e. The van der Waals surface area contributed by atoms with E-state index >= 15 is 0 Å². The van der Waals surface area contributed by atoms with E-state index in [-0.39, 0.29) is 23.0 Å². The lowest BCUT2D eigenvalue weighted by molar-refractivity contribution is -0.309. The van der Waals surface area contributed by atoms with Gasteiger partial charge >= 0.3 is 5.97 Å². The number of aliphatic hydroxyl groups is 4. The highest BCUT2D eigenvalue weighted by molar-refractivity contribution is 5.73. The standard InChI is InChI=1S/C27H44O8/c1-13(28)17-6-7-18-16-5-4-14-12-15(8-10-26(14,2)19(16)9-11-27(17,18)3)34-25-22(31)20(29)21(30)23(35-25)24(32)33/h13-23,25,28-31H,4-12H2,1-3H3,(H,32,33)/t13-,14-,15-,16+,17?,18+,19+,20+,21+,22-,23+,25-,26+,27-/m1/s1. The molecule has 0 bridgehead atoms. The van der Waals surface area contributed by atoms with Crippen LogP contribution in [0.5, 0.6) is 0 Å². The summed E-state index contributed by atoms with van der Waals surface area (Å²) in [5.41, 5.74) is 0.484. The van der Waals surface area contributed by atoms with Crippen LogP contribution in [0.2, 0.25) is 0 Å². The highest BCUT2D eigenvalue weighted by Crippen LogP contribution is 2.67. The smallest absolute Gasteiger partial charge is 0.335 e. The number of aliphatic carboxylic acids is 1. The van der Waals surface area contributed by atoms with Crippen molar-refractivity contribution >= 4 is 5.97 Å². The monoisotopic (exact) mass is 496 g/mol. The Morgan fingerprint density at radius 1 is 0.914 bits per heavy atom. The Labute approximate surface area is 208 Å². The molecule has 4 aliphatic carbocycles. The average molecular weight is 497 g/mol. The first-order valence-corrected chi connectivity index (χ1v) is 13.7.